The molecule has 0 aromatic carbocycles. The molecule has 0 unspecified atom stereocenters. The fraction of sp³-hybridized carbons (Fsp3) is 1.00. The van der Waals surface area contributed by atoms with Crippen molar-refractivity contribution in [1.29, 1.82) is 0 Å². The Balaban J connectivity index is 3.50. The van der Waals surface area contributed by atoms with Crippen molar-refractivity contribution in [2.24, 2.45) is 0 Å². The van der Waals surface area contributed by atoms with Gasteiger partial charge in [-0.2, -0.15) is 0 Å². The normalized spacial score (nSPS) is 12.4. The maximum atomic E-state index is 2.44. The molecule has 0 bridgehead atoms. The van der Waals surface area contributed by atoms with E-state index in [1.807, 2.05) is 0 Å². The number of hydrogen-bond acceptors (Lipinski definition) is 2. The van der Waals surface area contributed by atoms with Crippen LogP contribution >= 0.6 is 21.6 Å². The van der Waals surface area contributed by atoms with Crippen LogP contribution in [-0.2, 0) is 0 Å². The minimum atomic E-state index is 1.20. The molecule has 4 heteroatoms. The smallest absolute Gasteiger partial charge is 0.0882 e. The van der Waals surface area contributed by atoms with Crippen molar-refractivity contribution in [3.8, 4) is 0 Å². The summed E-state index contributed by atoms with van der Waals surface area (Å²) < 4.78 is 2.40. The third-order valence-electron chi connectivity index (χ3n) is 8.88. The fourth-order valence-corrected chi connectivity index (χ4v) is 8.20. The number of nitrogens with zero attached hydrogens (tertiary/aromatic N) is 2. The summed E-state index contributed by atoms with van der Waals surface area (Å²) in [6.45, 7) is 9.94. The first-order valence-corrected chi connectivity index (χ1v) is 20.7. The van der Waals surface area contributed by atoms with E-state index in [2.05, 4.69) is 63.6 Å². The van der Waals surface area contributed by atoms with Crippen LogP contribution in [0.3, 0.4) is 0 Å². The van der Waals surface area contributed by atoms with Crippen molar-refractivity contribution in [1.82, 2.24) is 0 Å². The first kappa shape index (κ1) is 40.6. The number of quaternary nitrogens is 2. The molecule has 0 aromatic rings. The Morgan fingerprint density at radius 1 is 0.300 bits per heavy atom. The average Bonchev–Trinajstić information content (AvgIpc) is 2.91. The largest absolute Gasteiger partial charge is 0.328 e. The molecule has 2 nitrogen and oxygen atoms in total. The van der Waals surface area contributed by atoms with Crippen molar-refractivity contribution in [3.63, 3.8) is 0 Å². The van der Waals surface area contributed by atoms with E-state index in [4.69, 9.17) is 0 Å². The zero-order chi connectivity index (χ0) is 29.6. The van der Waals surface area contributed by atoms with Crippen LogP contribution in [0.2, 0.25) is 0 Å². The Morgan fingerprint density at radius 2 is 0.525 bits per heavy atom. The van der Waals surface area contributed by atoms with Gasteiger partial charge in [-0.05, 0) is 25.7 Å². The molecule has 0 spiro atoms. The van der Waals surface area contributed by atoms with E-state index in [0.29, 0.717) is 0 Å². The second-order valence-corrected chi connectivity index (χ2v) is 16.9. The van der Waals surface area contributed by atoms with Gasteiger partial charge in [0.05, 0.1) is 65.9 Å². The summed E-state index contributed by atoms with van der Waals surface area (Å²) in [6.07, 6.45) is 34.7. The monoisotopic (exact) mass is 603 g/mol. The second-order valence-electron chi connectivity index (χ2n) is 14.2. The number of hydrogen-bond donors (Lipinski definition) is 0. The van der Waals surface area contributed by atoms with Crippen LogP contribution in [0.1, 0.15) is 168 Å². The highest BCUT2D eigenvalue weighted by molar-refractivity contribution is 8.76. The molecule has 0 radical (unpaired) electrons. The molecule has 0 aromatic heterocycles. The summed E-state index contributed by atoms with van der Waals surface area (Å²) in [5.41, 5.74) is 0. The molecule has 0 aliphatic rings. The molecule has 0 atom stereocenters. The summed E-state index contributed by atoms with van der Waals surface area (Å²) in [6, 6.07) is 0. The van der Waals surface area contributed by atoms with Crippen molar-refractivity contribution < 1.29 is 8.97 Å². The van der Waals surface area contributed by atoms with Crippen molar-refractivity contribution in [2.45, 2.75) is 168 Å². The van der Waals surface area contributed by atoms with Crippen LogP contribution in [0.15, 0.2) is 0 Å². The summed E-state index contributed by atoms with van der Waals surface area (Å²) in [5.74, 6) is 2.59. The van der Waals surface area contributed by atoms with Gasteiger partial charge in [-0.1, -0.05) is 164 Å². The number of rotatable bonds is 33. The van der Waals surface area contributed by atoms with Crippen molar-refractivity contribution in [3.05, 3.63) is 0 Å². The Hall–Kier alpha value is 0.620. The molecule has 0 aliphatic carbocycles. The third-order valence-corrected chi connectivity index (χ3v) is 11.2. The second kappa shape index (κ2) is 29.7. The lowest BCUT2D eigenvalue weighted by Gasteiger charge is -2.30. The molecular formula is C36H78N2S2+2. The fourth-order valence-electron chi connectivity index (χ4n) is 5.67. The van der Waals surface area contributed by atoms with Crippen LogP contribution in [0.5, 0.6) is 0 Å². The lowest BCUT2D eigenvalue weighted by Crippen LogP contribution is -2.42. The molecule has 242 valence electrons. The quantitative estimate of drug-likeness (QED) is 0.0416. The molecule has 0 N–H and O–H groups in total. The molecule has 0 saturated carbocycles. The van der Waals surface area contributed by atoms with Gasteiger partial charge < -0.3 is 8.97 Å². The first-order chi connectivity index (χ1) is 19.3. The zero-order valence-electron chi connectivity index (χ0n) is 28.9. The van der Waals surface area contributed by atoms with E-state index >= 15 is 0 Å². The molecule has 0 rings (SSSR count). The SMILES string of the molecule is CCCCCCCCCCCCCC[N+](C)(C)CCSSCC[N+](C)(C)CCCCCCCCCCCCCC. The van der Waals surface area contributed by atoms with Crippen molar-refractivity contribution in [2.75, 3.05) is 65.9 Å². The van der Waals surface area contributed by atoms with Crippen LogP contribution in [0.25, 0.3) is 0 Å². The summed E-state index contributed by atoms with van der Waals surface area (Å²) in [4.78, 5) is 0. The Morgan fingerprint density at radius 3 is 0.775 bits per heavy atom. The van der Waals surface area contributed by atoms with E-state index in [-0.39, 0.29) is 0 Å². The van der Waals surface area contributed by atoms with E-state index in [0.717, 1.165) is 0 Å². The van der Waals surface area contributed by atoms with E-state index in [1.165, 1.54) is 201 Å². The van der Waals surface area contributed by atoms with Gasteiger partial charge in [0, 0.05) is 0 Å². The molecule has 0 amide bonds. The summed E-state index contributed by atoms with van der Waals surface area (Å²) in [5, 5.41) is 0. The molecule has 0 fully saturated rings. The standard InChI is InChI=1S/C36H78N2S2/c1-7-9-11-13-15-17-19-21-23-25-27-29-31-37(3,4)33-35-39-40-36-34-38(5,6)32-30-28-26-24-22-20-18-16-14-12-10-8-2/h7-36H2,1-6H3/q+2. The summed E-state index contributed by atoms with van der Waals surface area (Å²) >= 11 is 0. The maximum Gasteiger partial charge on any atom is 0.0882 e. The minimum Gasteiger partial charge on any atom is -0.328 e. The van der Waals surface area contributed by atoms with Gasteiger partial charge in [-0.3, -0.25) is 0 Å². The molecule has 0 heterocycles. The van der Waals surface area contributed by atoms with Crippen LogP contribution in [0, 0.1) is 0 Å². The highest BCUT2D eigenvalue weighted by Crippen LogP contribution is 2.23. The number of unbranched alkanes of at least 4 members (excludes halogenated alkanes) is 22. The maximum absolute atomic E-state index is 2.44. The Kier molecular flexibility index (Phi) is 30.1. The van der Waals surface area contributed by atoms with Gasteiger partial charge in [0.1, 0.15) is 0 Å². The van der Waals surface area contributed by atoms with Gasteiger partial charge in [-0.15, -0.1) is 0 Å². The van der Waals surface area contributed by atoms with E-state index < -0.39 is 0 Å². The third kappa shape index (κ3) is 31.6. The molecule has 0 saturated heterocycles. The minimum absolute atomic E-state index is 1.20. The topological polar surface area (TPSA) is 0 Å². The zero-order valence-corrected chi connectivity index (χ0v) is 30.6. The Labute approximate surface area is 263 Å². The van der Waals surface area contributed by atoms with Gasteiger partial charge in [0.25, 0.3) is 0 Å². The van der Waals surface area contributed by atoms with E-state index in [1.54, 1.807) is 0 Å². The predicted molar refractivity (Wildman–Crippen MR) is 191 cm³/mol. The van der Waals surface area contributed by atoms with Gasteiger partial charge >= 0.3 is 0 Å². The van der Waals surface area contributed by atoms with Crippen LogP contribution in [-0.4, -0.2) is 74.8 Å². The summed E-state index contributed by atoms with van der Waals surface area (Å²) in [7, 11) is 14.0. The Bertz CT molecular complexity index is 451. The predicted octanol–water partition coefficient (Wildman–Crippen LogP) is 11.9. The lowest BCUT2D eigenvalue weighted by atomic mass is 10.1. The van der Waals surface area contributed by atoms with Gasteiger partial charge in [0.15, 0.2) is 0 Å². The van der Waals surface area contributed by atoms with Gasteiger partial charge in [-0.25, -0.2) is 0 Å². The van der Waals surface area contributed by atoms with Crippen molar-refractivity contribution >= 4 is 21.6 Å². The van der Waals surface area contributed by atoms with Crippen LogP contribution in [0.4, 0.5) is 0 Å². The highest BCUT2D eigenvalue weighted by atomic mass is 33.1. The molecule has 40 heavy (non-hydrogen) atoms. The molecule has 0 aliphatic heterocycles. The average molecular weight is 603 g/mol. The van der Waals surface area contributed by atoms with E-state index in [9.17, 15) is 0 Å². The lowest BCUT2D eigenvalue weighted by molar-refractivity contribution is -0.888. The van der Waals surface area contributed by atoms with Gasteiger partial charge in [0.2, 0.25) is 0 Å². The molecular weight excluding hydrogens is 525 g/mol. The van der Waals surface area contributed by atoms with Crippen LogP contribution < -0.4 is 0 Å². The first-order valence-electron chi connectivity index (χ1n) is 18.2. The highest BCUT2D eigenvalue weighted by Gasteiger charge is 2.16.